The Bertz CT molecular complexity index is 1030. The fourth-order valence-corrected chi connectivity index (χ4v) is 2.66. The van der Waals surface area contributed by atoms with Crippen LogP contribution in [0.2, 0.25) is 5.02 Å². The molecule has 2 heterocycles. The number of para-hydroxylation sites is 1. The van der Waals surface area contributed by atoms with E-state index in [-0.39, 0.29) is 0 Å². The first-order valence-corrected chi connectivity index (χ1v) is 10.3. The lowest BCUT2D eigenvalue weighted by molar-refractivity contribution is 1.04. The van der Waals surface area contributed by atoms with E-state index in [1.807, 2.05) is 60.4 Å². The van der Waals surface area contributed by atoms with E-state index in [2.05, 4.69) is 53.1 Å². The van der Waals surface area contributed by atoms with Crippen molar-refractivity contribution in [1.29, 1.82) is 0 Å². The van der Waals surface area contributed by atoms with Gasteiger partial charge in [-0.2, -0.15) is 4.98 Å². The summed E-state index contributed by atoms with van der Waals surface area (Å²) >= 11 is 8.45. The topological polar surface area (TPSA) is 79.4 Å². The Kier molecular flexibility index (Phi) is 6.00. The van der Waals surface area contributed by atoms with E-state index in [0.29, 0.717) is 22.6 Å². The van der Waals surface area contributed by atoms with Gasteiger partial charge >= 0.3 is 0 Å². The average molecular weight is 479 g/mol. The molecule has 0 saturated heterocycles. The minimum atomic E-state index is 0.460. The minimum Gasteiger partial charge on any atom is -0.307 e. The molecule has 2 aromatic carbocycles. The average Bonchev–Trinajstić information content (AvgIpc) is 3.08. The van der Waals surface area contributed by atoms with E-state index in [1.165, 1.54) is 0 Å². The smallest absolute Gasteiger partial charge is 0.247 e. The summed E-state index contributed by atoms with van der Waals surface area (Å²) in [5.41, 5.74) is 1.59. The molecule has 4 rings (SSSR count). The highest BCUT2D eigenvalue weighted by Crippen LogP contribution is 2.29. The second kappa shape index (κ2) is 8.41. The maximum absolute atomic E-state index is 6.30. The van der Waals surface area contributed by atoms with E-state index in [0.717, 1.165) is 22.3 Å². The number of rotatable bonds is 3. The highest BCUT2D eigenvalue weighted by Gasteiger charge is 2.12. The standard InChI is InChI=1S/C17H13ClN6.CH3I/c1-10-19-17(24-23-10)22-16-12-7-3-5-9-14(12)20-15(21-16)11-6-2-4-8-13(11)18;1-2/h2-9H,1H3,(H2,19,20,21,22,23,24);1H3. The van der Waals surface area contributed by atoms with Crippen LogP contribution in [0, 0.1) is 6.92 Å². The van der Waals surface area contributed by atoms with Gasteiger partial charge in [0.15, 0.2) is 5.82 Å². The molecule has 6 nitrogen and oxygen atoms in total. The quantitative estimate of drug-likeness (QED) is 0.314. The summed E-state index contributed by atoms with van der Waals surface area (Å²) < 4.78 is 0. The van der Waals surface area contributed by atoms with Crippen LogP contribution in [0.3, 0.4) is 0 Å². The van der Waals surface area contributed by atoms with Gasteiger partial charge < -0.3 is 5.32 Å². The first-order valence-electron chi connectivity index (χ1n) is 7.76. The third kappa shape index (κ3) is 3.94. The molecule has 2 N–H and O–H groups in total. The van der Waals surface area contributed by atoms with Gasteiger partial charge in [-0.3, -0.25) is 5.10 Å². The monoisotopic (exact) mass is 478 g/mol. The fourth-order valence-electron chi connectivity index (χ4n) is 2.44. The van der Waals surface area contributed by atoms with Crippen molar-refractivity contribution >= 4 is 56.9 Å². The van der Waals surface area contributed by atoms with E-state index >= 15 is 0 Å². The van der Waals surface area contributed by atoms with Gasteiger partial charge in [-0.25, -0.2) is 9.97 Å². The van der Waals surface area contributed by atoms with Gasteiger partial charge in [-0.15, -0.1) is 5.10 Å². The summed E-state index contributed by atoms with van der Waals surface area (Å²) in [6.07, 6.45) is 0. The van der Waals surface area contributed by atoms with Crippen molar-refractivity contribution in [2.24, 2.45) is 0 Å². The molecule has 0 bridgehead atoms. The Balaban J connectivity index is 0.000000948. The molecule has 26 heavy (non-hydrogen) atoms. The molecule has 132 valence electrons. The van der Waals surface area contributed by atoms with Crippen LogP contribution >= 0.6 is 34.2 Å². The van der Waals surface area contributed by atoms with Crippen LogP contribution in [0.1, 0.15) is 5.82 Å². The van der Waals surface area contributed by atoms with Crippen molar-refractivity contribution in [3.8, 4) is 11.4 Å². The third-order valence-corrected chi connectivity index (χ3v) is 3.87. The normalized spacial score (nSPS) is 10.3. The van der Waals surface area contributed by atoms with Crippen molar-refractivity contribution in [2.75, 3.05) is 10.2 Å². The first-order chi connectivity index (χ1) is 12.7. The zero-order valence-corrected chi connectivity index (χ0v) is 17.1. The third-order valence-electron chi connectivity index (χ3n) is 3.55. The number of hydrogen-bond acceptors (Lipinski definition) is 5. The lowest BCUT2D eigenvalue weighted by Crippen LogP contribution is -2.00. The number of H-pyrrole nitrogens is 1. The molecule has 0 atom stereocenters. The molecule has 0 radical (unpaired) electrons. The van der Waals surface area contributed by atoms with E-state index in [4.69, 9.17) is 11.6 Å². The zero-order valence-electron chi connectivity index (χ0n) is 14.2. The number of fused-ring (bicyclic) bond motifs is 1. The molecule has 0 amide bonds. The Morgan fingerprint density at radius 1 is 0.962 bits per heavy atom. The van der Waals surface area contributed by atoms with Crippen LogP contribution in [-0.4, -0.2) is 30.1 Å². The number of hydrogen-bond donors (Lipinski definition) is 2. The molecular weight excluding hydrogens is 463 g/mol. The number of aromatic nitrogens is 5. The van der Waals surface area contributed by atoms with E-state index < -0.39 is 0 Å². The number of aryl methyl sites for hydroxylation is 1. The Labute approximate surface area is 169 Å². The number of aromatic amines is 1. The van der Waals surface area contributed by atoms with Gasteiger partial charge in [0.2, 0.25) is 5.95 Å². The van der Waals surface area contributed by atoms with Crippen LogP contribution in [0.25, 0.3) is 22.3 Å². The van der Waals surface area contributed by atoms with Gasteiger partial charge in [0, 0.05) is 10.9 Å². The highest BCUT2D eigenvalue weighted by molar-refractivity contribution is 14.1. The van der Waals surface area contributed by atoms with Gasteiger partial charge in [0.1, 0.15) is 11.6 Å². The van der Waals surface area contributed by atoms with Crippen molar-refractivity contribution in [2.45, 2.75) is 6.92 Å². The minimum absolute atomic E-state index is 0.460. The van der Waals surface area contributed by atoms with Crippen LogP contribution in [0.15, 0.2) is 48.5 Å². The molecule has 0 unspecified atom stereocenters. The molecule has 0 fully saturated rings. The zero-order chi connectivity index (χ0) is 18.5. The predicted octanol–water partition coefficient (Wildman–Crippen LogP) is 5.17. The van der Waals surface area contributed by atoms with Gasteiger partial charge in [-0.1, -0.05) is 58.5 Å². The lowest BCUT2D eigenvalue weighted by Gasteiger charge is -2.09. The molecule has 0 aliphatic carbocycles. The van der Waals surface area contributed by atoms with Crippen molar-refractivity contribution in [3.05, 3.63) is 59.4 Å². The van der Waals surface area contributed by atoms with E-state index in [9.17, 15) is 0 Å². The SMILES string of the molecule is CI.Cc1nc(Nc2nc(-c3ccccc3Cl)nc3ccccc23)n[nH]1. The van der Waals surface area contributed by atoms with Crippen LogP contribution in [-0.2, 0) is 0 Å². The fraction of sp³-hybridized carbons (Fsp3) is 0.111. The maximum atomic E-state index is 6.30. The van der Waals surface area contributed by atoms with Crippen molar-refractivity contribution in [1.82, 2.24) is 25.1 Å². The van der Waals surface area contributed by atoms with E-state index in [1.54, 1.807) is 0 Å². The second-order valence-electron chi connectivity index (χ2n) is 5.26. The highest BCUT2D eigenvalue weighted by atomic mass is 127. The Morgan fingerprint density at radius 2 is 1.69 bits per heavy atom. The van der Waals surface area contributed by atoms with Crippen molar-refractivity contribution in [3.63, 3.8) is 0 Å². The number of halogens is 2. The number of alkyl halides is 1. The molecule has 0 aliphatic rings. The summed E-state index contributed by atoms with van der Waals surface area (Å²) in [7, 11) is 0. The second-order valence-corrected chi connectivity index (χ2v) is 5.67. The van der Waals surface area contributed by atoms with Crippen molar-refractivity contribution < 1.29 is 0 Å². The van der Waals surface area contributed by atoms with Crippen LogP contribution in [0.5, 0.6) is 0 Å². The van der Waals surface area contributed by atoms with Gasteiger partial charge in [-0.05, 0) is 36.1 Å². The molecule has 4 aromatic rings. The molecule has 2 aromatic heterocycles. The Hall–Kier alpha value is -2.26. The van der Waals surface area contributed by atoms with Crippen LogP contribution in [0.4, 0.5) is 11.8 Å². The molecular formula is C18H16ClIN6. The molecule has 0 spiro atoms. The number of anilines is 2. The predicted molar refractivity (Wildman–Crippen MR) is 114 cm³/mol. The molecule has 0 aliphatic heterocycles. The number of nitrogens with one attached hydrogen (secondary N) is 2. The summed E-state index contributed by atoms with van der Waals surface area (Å²) in [4.78, 5) is 15.5. The largest absolute Gasteiger partial charge is 0.307 e. The lowest BCUT2D eigenvalue weighted by atomic mass is 10.2. The summed E-state index contributed by atoms with van der Waals surface area (Å²) in [5, 5.41) is 11.5. The summed E-state index contributed by atoms with van der Waals surface area (Å²) in [6.45, 7) is 1.84. The molecule has 8 heteroatoms. The van der Waals surface area contributed by atoms with Gasteiger partial charge in [0.25, 0.3) is 0 Å². The van der Waals surface area contributed by atoms with Crippen LogP contribution < -0.4 is 5.32 Å². The van der Waals surface area contributed by atoms with Gasteiger partial charge in [0.05, 0.1) is 10.5 Å². The summed E-state index contributed by atoms with van der Waals surface area (Å²) in [5.74, 6) is 2.37. The Morgan fingerprint density at radius 3 is 2.42 bits per heavy atom. The summed E-state index contributed by atoms with van der Waals surface area (Å²) in [6, 6.07) is 15.3. The maximum Gasteiger partial charge on any atom is 0.247 e. The molecule has 0 saturated carbocycles. The number of benzene rings is 2. The first kappa shape index (κ1) is 18.5. The number of nitrogens with zero attached hydrogens (tertiary/aromatic N) is 4.